The van der Waals surface area contributed by atoms with E-state index < -0.39 is 12.7 Å². The van der Waals surface area contributed by atoms with E-state index in [0.29, 0.717) is 41.7 Å². The molecular formula is C20H22ClF3N2O2. The predicted molar refractivity (Wildman–Crippen MR) is 101 cm³/mol. The molecule has 0 unspecified atom stereocenters. The molecule has 3 rings (SSSR count). The van der Waals surface area contributed by atoms with Crippen molar-refractivity contribution in [3.63, 3.8) is 0 Å². The average molecular weight is 415 g/mol. The molecule has 1 aromatic carbocycles. The Labute approximate surface area is 166 Å². The SMILES string of the molecule is Cc1cc(C(=O)CN2CCO[C@H](c3ccc(Cl)cc3)C2)c(C)n1CC(F)(F)F. The molecule has 1 aromatic heterocycles. The van der Waals surface area contributed by atoms with Gasteiger partial charge in [0, 0.05) is 35.1 Å². The highest BCUT2D eigenvalue weighted by Gasteiger charge is 2.31. The summed E-state index contributed by atoms with van der Waals surface area (Å²) in [6, 6.07) is 8.91. The van der Waals surface area contributed by atoms with Gasteiger partial charge < -0.3 is 9.30 Å². The van der Waals surface area contributed by atoms with Crippen molar-refractivity contribution in [1.29, 1.82) is 0 Å². The molecule has 1 aliphatic heterocycles. The number of morpholine rings is 1. The summed E-state index contributed by atoms with van der Waals surface area (Å²) < 4.78 is 45.3. The molecule has 0 saturated carbocycles. The van der Waals surface area contributed by atoms with Crippen molar-refractivity contribution in [3.05, 3.63) is 57.9 Å². The van der Waals surface area contributed by atoms with E-state index in [1.165, 1.54) is 0 Å². The van der Waals surface area contributed by atoms with Crippen LogP contribution in [0.15, 0.2) is 30.3 Å². The molecule has 0 amide bonds. The van der Waals surface area contributed by atoms with E-state index in [1.54, 1.807) is 32.0 Å². The largest absolute Gasteiger partial charge is 0.406 e. The number of carbonyl (C=O) groups is 1. The Bertz CT molecular complexity index is 846. The van der Waals surface area contributed by atoms with Crippen LogP contribution in [0.1, 0.15) is 33.4 Å². The van der Waals surface area contributed by atoms with Crippen molar-refractivity contribution in [2.24, 2.45) is 0 Å². The van der Waals surface area contributed by atoms with Crippen molar-refractivity contribution >= 4 is 17.4 Å². The van der Waals surface area contributed by atoms with Gasteiger partial charge in [-0.05, 0) is 37.6 Å². The first-order valence-electron chi connectivity index (χ1n) is 9.00. The van der Waals surface area contributed by atoms with Crippen LogP contribution >= 0.6 is 11.6 Å². The molecule has 1 saturated heterocycles. The number of rotatable bonds is 5. The van der Waals surface area contributed by atoms with Crippen LogP contribution in [0.2, 0.25) is 5.02 Å². The van der Waals surface area contributed by atoms with E-state index in [-0.39, 0.29) is 18.4 Å². The van der Waals surface area contributed by atoms with Gasteiger partial charge in [0.1, 0.15) is 6.54 Å². The maximum Gasteiger partial charge on any atom is 0.406 e. The molecule has 0 bridgehead atoms. The average Bonchev–Trinajstić information content (AvgIpc) is 2.89. The number of hydrogen-bond donors (Lipinski definition) is 0. The molecule has 4 nitrogen and oxygen atoms in total. The van der Waals surface area contributed by atoms with Gasteiger partial charge in [0.05, 0.1) is 19.3 Å². The Hall–Kier alpha value is -1.83. The van der Waals surface area contributed by atoms with Gasteiger partial charge in [-0.15, -0.1) is 0 Å². The lowest BCUT2D eigenvalue weighted by molar-refractivity contribution is -0.141. The number of ketones is 1. The van der Waals surface area contributed by atoms with E-state index in [0.717, 1.165) is 10.1 Å². The number of aromatic nitrogens is 1. The molecule has 2 aromatic rings. The lowest BCUT2D eigenvalue weighted by Crippen LogP contribution is -2.41. The number of carbonyl (C=O) groups excluding carboxylic acids is 1. The summed E-state index contributed by atoms with van der Waals surface area (Å²) in [4.78, 5) is 14.7. The molecule has 0 radical (unpaired) electrons. The Morgan fingerprint density at radius 3 is 2.57 bits per heavy atom. The standard InChI is InChI=1S/C20H22ClF3N2O2/c1-13-9-17(14(2)26(13)12-20(22,23)24)18(27)10-25-7-8-28-19(11-25)15-3-5-16(21)6-4-15/h3-6,9,19H,7-8,10-12H2,1-2H3/t19-/m0/s1. The molecule has 1 aliphatic rings. The number of alkyl halides is 3. The Balaban J connectivity index is 1.69. The van der Waals surface area contributed by atoms with E-state index in [4.69, 9.17) is 16.3 Å². The van der Waals surface area contributed by atoms with Gasteiger partial charge in [0.15, 0.2) is 5.78 Å². The Morgan fingerprint density at radius 2 is 1.93 bits per heavy atom. The van der Waals surface area contributed by atoms with Crippen LogP contribution in [0.3, 0.4) is 0 Å². The zero-order valence-electron chi connectivity index (χ0n) is 15.7. The molecule has 0 aliphatic carbocycles. The third kappa shape index (κ3) is 4.96. The van der Waals surface area contributed by atoms with E-state index >= 15 is 0 Å². The summed E-state index contributed by atoms with van der Waals surface area (Å²) in [5.74, 6) is -0.182. The van der Waals surface area contributed by atoms with Crippen LogP contribution in [0.25, 0.3) is 0 Å². The first-order chi connectivity index (χ1) is 13.1. The highest BCUT2D eigenvalue weighted by atomic mass is 35.5. The molecule has 8 heteroatoms. The van der Waals surface area contributed by atoms with E-state index in [1.807, 2.05) is 17.0 Å². The van der Waals surface area contributed by atoms with E-state index in [9.17, 15) is 18.0 Å². The summed E-state index contributed by atoms with van der Waals surface area (Å²) in [5, 5.41) is 0.640. The monoisotopic (exact) mass is 414 g/mol. The number of Topliss-reactive ketones (excluding diaryl/α,β-unsaturated/α-hetero) is 1. The summed E-state index contributed by atoms with van der Waals surface area (Å²) in [6.07, 6.45) is -4.50. The van der Waals surface area contributed by atoms with Crippen LogP contribution in [-0.2, 0) is 11.3 Å². The minimum absolute atomic E-state index is 0.143. The van der Waals surface area contributed by atoms with Gasteiger partial charge in [-0.2, -0.15) is 13.2 Å². The van der Waals surface area contributed by atoms with Crippen molar-refractivity contribution in [2.45, 2.75) is 32.7 Å². The third-order valence-corrected chi connectivity index (χ3v) is 5.22. The van der Waals surface area contributed by atoms with Gasteiger partial charge in [-0.25, -0.2) is 0 Å². The van der Waals surface area contributed by atoms with Crippen LogP contribution < -0.4 is 0 Å². The number of hydrogen-bond acceptors (Lipinski definition) is 3. The van der Waals surface area contributed by atoms with Crippen LogP contribution in [0.4, 0.5) is 13.2 Å². The summed E-state index contributed by atoms with van der Waals surface area (Å²) in [7, 11) is 0. The highest BCUT2D eigenvalue weighted by molar-refractivity contribution is 6.30. The summed E-state index contributed by atoms with van der Waals surface area (Å²) in [5.41, 5.74) is 2.10. The van der Waals surface area contributed by atoms with Crippen molar-refractivity contribution < 1.29 is 22.7 Å². The fourth-order valence-electron chi connectivity index (χ4n) is 3.52. The zero-order chi connectivity index (χ0) is 20.5. The van der Waals surface area contributed by atoms with Crippen LogP contribution in [0, 0.1) is 13.8 Å². The minimum Gasteiger partial charge on any atom is -0.371 e. The lowest BCUT2D eigenvalue weighted by Gasteiger charge is -2.32. The first-order valence-corrected chi connectivity index (χ1v) is 9.38. The minimum atomic E-state index is -4.33. The fourth-order valence-corrected chi connectivity index (χ4v) is 3.65. The molecule has 28 heavy (non-hydrogen) atoms. The number of halogens is 4. The maximum absolute atomic E-state index is 12.8. The van der Waals surface area contributed by atoms with Crippen molar-refractivity contribution in [3.8, 4) is 0 Å². The second-order valence-corrected chi connectivity index (χ2v) is 7.49. The molecule has 2 heterocycles. The third-order valence-electron chi connectivity index (χ3n) is 4.97. The van der Waals surface area contributed by atoms with Crippen molar-refractivity contribution in [1.82, 2.24) is 9.47 Å². The Morgan fingerprint density at radius 1 is 1.25 bits per heavy atom. The first kappa shape index (κ1) is 20.9. The quantitative estimate of drug-likeness (QED) is 0.672. The molecular weight excluding hydrogens is 393 g/mol. The second-order valence-electron chi connectivity index (χ2n) is 7.06. The second kappa shape index (κ2) is 8.27. The molecule has 1 atom stereocenters. The summed E-state index contributed by atoms with van der Waals surface area (Å²) in [6.45, 7) is 3.81. The van der Waals surface area contributed by atoms with E-state index in [2.05, 4.69) is 0 Å². The topological polar surface area (TPSA) is 34.5 Å². The molecule has 1 fully saturated rings. The fraction of sp³-hybridized carbons (Fsp3) is 0.450. The number of ether oxygens (including phenoxy) is 1. The maximum atomic E-state index is 12.8. The number of aryl methyl sites for hydroxylation is 1. The smallest absolute Gasteiger partial charge is 0.371 e. The number of benzene rings is 1. The van der Waals surface area contributed by atoms with Crippen LogP contribution in [-0.4, -0.2) is 47.7 Å². The van der Waals surface area contributed by atoms with Gasteiger partial charge >= 0.3 is 6.18 Å². The highest BCUT2D eigenvalue weighted by Crippen LogP contribution is 2.26. The normalized spacial score (nSPS) is 18.4. The molecule has 0 spiro atoms. The van der Waals surface area contributed by atoms with Gasteiger partial charge in [0.2, 0.25) is 0 Å². The van der Waals surface area contributed by atoms with Crippen molar-refractivity contribution in [2.75, 3.05) is 26.2 Å². The van der Waals surface area contributed by atoms with Crippen LogP contribution in [0.5, 0.6) is 0 Å². The predicted octanol–water partition coefficient (Wildman–Crippen LogP) is 4.58. The molecule has 0 N–H and O–H groups in total. The molecule has 152 valence electrons. The summed E-state index contributed by atoms with van der Waals surface area (Å²) >= 11 is 5.92. The number of nitrogens with zero attached hydrogens (tertiary/aromatic N) is 2. The lowest BCUT2D eigenvalue weighted by atomic mass is 10.1. The van der Waals surface area contributed by atoms with Gasteiger partial charge in [-0.3, -0.25) is 9.69 Å². The van der Waals surface area contributed by atoms with Gasteiger partial charge in [-0.1, -0.05) is 23.7 Å². The Kier molecular flexibility index (Phi) is 6.17. The zero-order valence-corrected chi connectivity index (χ0v) is 16.5. The van der Waals surface area contributed by atoms with Gasteiger partial charge in [0.25, 0.3) is 0 Å².